The molecule has 1 nitrogen and oxygen atoms in total. The molecular weight excluding hydrogens is 256 g/mol. The maximum Gasteiger partial charge on any atom is 0.0790 e. The van der Waals surface area contributed by atoms with Gasteiger partial charge < -0.3 is 5.11 Å². The second-order valence-electron chi connectivity index (χ2n) is 5.43. The molecule has 2 rings (SSSR count). The van der Waals surface area contributed by atoms with Crippen molar-refractivity contribution in [2.75, 3.05) is 0 Å². The maximum absolute atomic E-state index is 10.2. The number of benzene rings is 2. The third kappa shape index (κ3) is 5.20. The van der Waals surface area contributed by atoms with Crippen LogP contribution in [0.5, 0.6) is 0 Å². The Morgan fingerprint density at radius 1 is 0.905 bits per heavy atom. The average molecular weight is 280 g/mol. The molecule has 1 N–H and O–H groups in total. The summed E-state index contributed by atoms with van der Waals surface area (Å²) in [5, 5.41) is 10.2. The molecule has 0 aliphatic carbocycles. The highest BCUT2D eigenvalue weighted by atomic mass is 16.3. The second kappa shape index (κ2) is 8.43. The van der Waals surface area contributed by atoms with Crippen molar-refractivity contribution in [2.45, 2.75) is 38.7 Å². The molecule has 0 amide bonds. The van der Waals surface area contributed by atoms with Gasteiger partial charge in [-0.1, -0.05) is 86.9 Å². The number of hydrogen-bond donors (Lipinski definition) is 1. The third-order valence-corrected chi connectivity index (χ3v) is 3.64. The molecule has 0 saturated heterocycles. The number of rotatable bonds is 7. The second-order valence-corrected chi connectivity index (χ2v) is 5.43. The minimum atomic E-state index is -0.346. The lowest BCUT2D eigenvalue weighted by molar-refractivity contribution is 0.163. The van der Waals surface area contributed by atoms with Crippen LogP contribution in [0.1, 0.15) is 55.4 Å². The molecule has 0 radical (unpaired) electrons. The Labute approximate surface area is 128 Å². The van der Waals surface area contributed by atoms with E-state index in [9.17, 15) is 5.11 Å². The van der Waals surface area contributed by atoms with Crippen LogP contribution in [0.25, 0.3) is 12.2 Å². The first-order chi connectivity index (χ1) is 10.3. The van der Waals surface area contributed by atoms with Gasteiger partial charge in [0.05, 0.1) is 6.10 Å². The summed E-state index contributed by atoms with van der Waals surface area (Å²) in [7, 11) is 0. The molecule has 0 aliphatic heterocycles. The highest BCUT2D eigenvalue weighted by molar-refractivity contribution is 5.69. The van der Waals surface area contributed by atoms with Crippen molar-refractivity contribution >= 4 is 12.2 Å². The lowest BCUT2D eigenvalue weighted by atomic mass is 10.0. The number of aliphatic hydroxyl groups excluding tert-OH is 1. The lowest BCUT2D eigenvalue weighted by Crippen LogP contribution is -1.97. The maximum atomic E-state index is 10.2. The standard InChI is InChI=1S/C20H24O/c1-2-3-5-13-20(21)19-12-8-11-18(16-19)15-14-17-9-6-4-7-10-17/h4,6-12,14-16,20-21H,2-3,5,13H2,1H3/b15-14-. The van der Waals surface area contributed by atoms with Gasteiger partial charge in [0.15, 0.2) is 0 Å². The minimum Gasteiger partial charge on any atom is -0.388 e. The minimum absolute atomic E-state index is 0.346. The summed E-state index contributed by atoms with van der Waals surface area (Å²) < 4.78 is 0. The summed E-state index contributed by atoms with van der Waals surface area (Å²) in [6.07, 6.45) is 8.15. The number of hydrogen-bond acceptors (Lipinski definition) is 1. The zero-order valence-corrected chi connectivity index (χ0v) is 12.7. The zero-order valence-electron chi connectivity index (χ0n) is 12.7. The molecule has 21 heavy (non-hydrogen) atoms. The smallest absolute Gasteiger partial charge is 0.0790 e. The van der Waals surface area contributed by atoms with E-state index in [0.717, 1.165) is 24.0 Å². The quantitative estimate of drug-likeness (QED) is 0.526. The average Bonchev–Trinajstić information content (AvgIpc) is 2.54. The van der Waals surface area contributed by atoms with E-state index in [0.29, 0.717) is 0 Å². The van der Waals surface area contributed by atoms with Gasteiger partial charge in [-0.25, -0.2) is 0 Å². The first-order valence-electron chi connectivity index (χ1n) is 7.80. The summed E-state index contributed by atoms with van der Waals surface area (Å²) in [5.41, 5.74) is 3.33. The van der Waals surface area contributed by atoms with Crippen molar-refractivity contribution in [3.05, 3.63) is 71.3 Å². The van der Waals surface area contributed by atoms with Gasteiger partial charge in [-0.05, 0) is 29.2 Å². The van der Waals surface area contributed by atoms with Gasteiger partial charge in [0.2, 0.25) is 0 Å². The summed E-state index contributed by atoms with van der Waals surface area (Å²) >= 11 is 0. The van der Waals surface area contributed by atoms with Gasteiger partial charge in [0.25, 0.3) is 0 Å². The molecule has 1 unspecified atom stereocenters. The highest BCUT2D eigenvalue weighted by Crippen LogP contribution is 2.21. The van der Waals surface area contributed by atoms with Crippen LogP contribution in [0.2, 0.25) is 0 Å². The van der Waals surface area contributed by atoms with Crippen LogP contribution in [-0.4, -0.2) is 5.11 Å². The molecule has 0 aromatic heterocycles. The van der Waals surface area contributed by atoms with Crippen molar-refractivity contribution in [1.29, 1.82) is 0 Å². The van der Waals surface area contributed by atoms with Gasteiger partial charge in [0.1, 0.15) is 0 Å². The van der Waals surface area contributed by atoms with Crippen LogP contribution >= 0.6 is 0 Å². The molecule has 1 heteroatoms. The van der Waals surface area contributed by atoms with E-state index in [1.165, 1.54) is 18.4 Å². The van der Waals surface area contributed by atoms with E-state index < -0.39 is 0 Å². The predicted octanol–water partition coefficient (Wildman–Crippen LogP) is 5.47. The van der Waals surface area contributed by atoms with Crippen LogP contribution in [0.3, 0.4) is 0 Å². The molecule has 0 spiro atoms. The van der Waals surface area contributed by atoms with Gasteiger partial charge in [-0.15, -0.1) is 0 Å². The van der Waals surface area contributed by atoms with Crippen molar-refractivity contribution in [1.82, 2.24) is 0 Å². The Morgan fingerprint density at radius 2 is 1.62 bits per heavy atom. The van der Waals surface area contributed by atoms with Crippen molar-refractivity contribution in [3.63, 3.8) is 0 Å². The summed E-state index contributed by atoms with van der Waals surface area (Å²) in [6, 6.07) is 18.4. The Bertz CT molecular complexity index is 557. The SMILES string of the molecule is CCCCCC(O)c1cccc(/C=C\c2ccccc2)c1. The highest BCUT2D eigenvalue weighted by Gasteiger charge is 2.06. The number of unbranched alkanes of at least 4 members (excludes halogenated alkanes) is 2. The fraction of sp³-hybridized carbons (Fsp3) is 0.300. The Morgan fingerprint density at radius 3 is 2.38 bits per heavy atom. The van der Waals surface area contributed by atoms with Crippen LogP contribution in [0.4, 0.5) is 0 Å². The summed E-state index contributed by atoms with van der Waals surface area (Å²) in [4.78, 5) is 0. The van der Waals surface area contributed by atoms with Gasteiger partial charge in [-0.2, -0.15) is 0 Å². The van der Waals surface area contributed by atoms with Gasteiger partial charge in [-0.3, -0.25) is 0 Å². The molecule has 0 bridgehead atoms. The van der Waals surface area contributed by atoms with Crippen molar-refractivity contribution in [2.24, 2.45) is 0 Å². The Balaban J connectivity index is 2.02. The molecular formula is C20H24O. The van der Waals surface area contributed by atoms with Crippen LogP contribution in [0, 0.1) is 0 Å². The van der Waals surface area contributed by atoms with Crippen LogP contribution < -0.4 is 0 Å². The molecule has 0 aliphatic rings. The summed E-state index contributed by atoms with van der Waals surface area (Å²) in [5.74, 6) is 0. The largest absolute Gasteiger partial charge is 0.388 e. The third-order valence-electron chi connectivity index (χ3n) is 3.64. The van der Waals surface area contributed by atoms with E-state index in [4.69, 9.17) is 0 Å². The van der Waals surface area contributed by atoms with Crippen LogP contribution in [0.15, 0.2) is 54.6 Å². The fourth-order valence-electron chi connectivity index (χ4n) is 2.38. The molecule has 0 saturated carbocycles. The van der Waals surface area contributed by atoms with Gasteiger partial charge in [0, 0.05) is 0 Å². The van der Waals surface area contributed by atoms with Crippen molar-refractivity contribution in [3.8, 4) is 0 Å². The van der Waals surface area contributed by atoms with Crippen LogP contribution in [-0.2, 0) is 0 Å². The number of aliphatic hydroxyl groups is 1. The topological polar surface area (TPSA) is 20.2 Å². The van der Waals surface area contributed by atoms with Gasteiger partial charge >= 0.3 is 0 Å². The molecule has 0 fully saturated rings. The zero-order chi connectivity index (χ0) is 14.9. The van der Waals surface area contributed by atoms with E-state index >= 15 is 0 Å². The van der Waals surface area contributed by atoms with E-state index in [2.05, 4.69) is 43.3 Å². The Kier molecular flexibility index (Phi) is 6.23. The van der Waals surface area contributed by atoms with Crippen molar-refractivity contribution < 1.29 is 5.11 Å². The molecule has 2 aromatic carbocycles. The fourth-order valence-corrected chi connectivity index (χ4v) is 2.38. The van der Waals surface area contributed by atoms with E-state index in [1.54, 1.807) is 0 Å². The normalized spacial score (nSPS) is 12.7. The molecule has 0 heterocycles. The molecule has 1 atom stereocenters. The van der Waals surface area contributed by atoms with E-state index in [1.807, 2.05) is 30.3 Å². The first-order valence-corrected chi connectivity index (χ1v) is 7.80. The monoisotopic (exact) mass is 280 g/mol. The molecule has 110 valence electrons. The Hall–Kier alpha value is -1.86. The molecule has 2 aromatic rings. The lowest BCUT2D eigenvalue weighted by Gasteiger charge is -2.11. The predicted molar refractivity (Wildman–Crippen MR) is 90.9 cm³/mol. The summed E-state index contributed by atoms with van der Waals surface area (Å²) in [6.45, 7) is 2.18. The first kappa shape index (κ1) is 15.5. The van der Waals surface area contributed by atoms with E-state index in [-0.39, 0.29) is 6.10 Å².